The highest BCUT2D eigenvalue weighted by Gasteiger charge is 2.51. The third-order valence-corrected chi connectivity index (χ3v) is 7.37. The Morgan fingerprint density at radius 2 is 0.867 bits per heavy atom. The van der Waals surface area contributed by atoms with E-state index < -0.39 is 0 Å². The average Bonchev–Trinajstić information content (AvgIpc) is 3.53. The van der Waals surface area contributed by atoms with Crippen LogP contribution in [0.1, 0.15) is 51.1 Å². The number of hydrogen-bond acceptors (Lipinski definition) is 0. The van der Waals surface area contributed by atoms with Crippen LogP contribution in [0, 0.1) is 5.41 Å². The summed E-state index contributed by atoms with van der Waals surface area (Å²) in [4.78, 5) is 0. The lowest BCUT2D eigenvalue weighted by atomic mass is 9.56. The summed E-state index contributed by atoms with van der Waals surface area (Å²) in [6, 6.07) is 26.5. The Labute approximate surface area is 178 Å². The fourth-order valence-electron chi connectivity index (χ4n) is 6.02. The third-order valence-electron chi connectivity index (χ3n) is 7.37. The van der Waals surface area contributed by atoms with Crippen LogP contribution in [0.25, 0.3) is 18.2 Å². The van der Waals surface area contributed by atoms with E-state index in [-0.39, 0.29) is 23.2 Å². The molecule has 3 aromatic rings. The van der Waals surface area contributed by atoms with Crippen molar-refractivity contribution in [2.75, 3.05) is 0 Å². The van der Waals surface area contributed by atoms with Crippen LogP contribution >= 0.6 is 0 Å². The molecule has 0 heteroatoms. The molecule has 0 saturated heterocycles. The van der Waals surface area contributed by atoms with E-state index in [1.807, 2.05) is 0 Å². The molecule has 0 aliphatic heterocycles. The summed E-state index contributed by atoms with van der Waals surface area (Å²) < 4.78 is 0. The number of benzene rings is 3. The van der Waals surface area contributed by atoms with Crippen molar-refractivity contribution < 1.29 is 0 Å². The van der Waals surface area contributed by atoms with Gasteiger partial charge in [-0.3, -0.25) is 0 Å². The van der Waals surface area contributed by atoms with Crippen molar-refractivity contribution in [1.29, 1.82) is 0 Å². The first-order chi connectivity index (χ1) is 14.8. The van der Waals surface area contributed by atoms with Crippen LogP contribution in [0.2, 0.25) is 0 Å². The van der Waals surface area contributed by atoms with Gasteiger partial charge < -0.3 is 0 Å². The maximum Gasteiger partial charge on any atom is 0.0190 e. The number of hydrogen-bond donors (Lipinski definition) is 0. The Kier molecular flexibility index (Phi) is 3.83. The predicted octanol–water partition coefficient (Wildman–Crippen LogP) is 7.59. The third kappa shape index (κ3) is 2.28. The predicted molar refractivity (Wildman–Crippen MR) is 127 cm³/mol. The minimum absolute atomic E-state index is 0.185. The van der Waals surface area contributed by atoms with Crippen LogP contribution in [0.15, 0.2) is 104 Å². The summed E-state index contributed by atoms with van der Waals surface area (Å²) in [6.07, 6.45) is 16.4. The Morgan fingerprint density at radius 1 is 0.533 bits per heavy atom. The summed E-state index contributed by atoms with van der Waals surface area (Å²) >= 11 is 0. The van der Waals surface area contributed by atoms with Gasteiger partial charge in [0.2, 0.25) is 0 Å². The average molecular weight is 385 g/mol. The molecule has 3 aliphatic rings. The van der Waals surface area contributed by atoms with Crippen LogP contribution in [-0.2, 0) is 0 Å². The lowest BCUT2D eigenvalue weighted by Crippen LogP contribution is -2.36. The molecule has 0 bridgehead atoms. The summed E-state index contributed by atoms with van der Waals surface area (Å²) in [6.45, 7) is 4.48. The highest BCUT2D eigenvalue weighted by molar-refractivity contribution is 5.71. The van der Waals surface area contributed by atoms with Gasteiger partial charge in [-0.1, -0.05) is 115 Å². The van der Waals surface area contributed by atoms with Crippen molar-refractivity contribution in [2.45, 2.75) is 17.8 Å². The monoisotopic (exact) mass is 384 g/mol. The van der Waals surface area contributed by atoms with Crippen LogP contribution in [0.4, 0.5) is 0 Å². The van der Waals surface area contributed by atoms with E-state index in [9.17, 15) is 0 Å². The molecule has 0 amide bonds. The zero-order chi connectivity index (χ0) is 20.1. The number of fused-ring (bicyclic) bond motifs is 3. The van der Waals surface area contributed by atoms with Crippen molar-refractivity contribution in [3.63, 3.8) is 0 Å². The van der Waals surface area contributed by atoms with E-state index >= 15 is 0 Å². The second-order valence-corrected chi connectivity index (χ2v) is 8.60. The Balaban J connectivity index is 1.61. The van der Waals surface area contributed by atoms with Gasteiger partial charge in [0.1, 0.15) is 0 Å². The first-order valence-electron chi connectivity index (χ1n) is 10.8. The van der Waals surface area contributed by atoms with Gasteiger partial charge in [0, 0.05) is 23.2 Å². The summed E-state index contributed by atoms with van der Waals surface area (Å²) in [7, 11) is 0. The van der Waals surface area contributed by atoms with Gasteiger partial charge >= 0.3 is 0 Å². The van der Waals surface area contributed by atoms with Crippen LogP contribution in [0.5, 0.6) is 0 Å². The van der Waals surface area contributed by atoms with Crippen molar-refractivity contribution in [3.8, 4) is 0 Å². The molecular formula is C30H24. The number of allylic oxidation sites excluding steroid dienone is 4. The van der Waals surface area contributed by atoms with Crippen molar-refractivity contribution in [2.24, 2.45) is 5.41 Å². The largest absolute Gasteiger partial charge is 0.102 e. The van der Waals surface area contributed by atoms with Gasteiger partial charge in [0.25, 0.3) is 0 Å². The Hall–Kier alpha value is -3.38. The SMILES string of the molecule is C=CC(C1C=Cc2ccccc21)(C1C=Cc2ccccc21)C1C=Cc2ccccc21. The van der Waals surface area contributed by atoms with Gasteiger partial charge in [-0.15, -0.1) is 6.58 Å². The first-order valence-corrected chi connectivity index (χ1v) is 10.8. The van der Waals surface area contributed by atoms with Gasteiger partial charge in [-0.05, 0) is 33.4 Å². The van der Waals surface area contributed by atoms with Crippen LogP contribution in [-0.4, -0.2) is 0 Å². The van der Waals surface area contributed by atoms with E-state index in [0.717, 1.165) is 0 Å². The van der Waals surface area contributed by atoms with Crippen molar-refractivity contribution >= 4 is 18.2 Å². The maximum absolute atomic E-state index is 4.48. The summed E-state index contributed by atoms with van der Waals surface area (Å²) in [5.74, 6) is 0.813. The maximum atomic E-state index is 4.48. The van der Waals surface area contributed by atoms with Crippen LogP contribution in [0.3, 0.4) is 0 Å². The highest BCUT2D eigenvalue weighted by atomic mass is 14.5. The van der Waals surface area contributed by atoms with Gasteiger partial charge in [0.05, 0.1) is 0 Å². The molecule has 0 spiro atoms. The zero-order valence-electron chi connectivity index (χ0n) is 16.9. The second-order valence-electron chi connectivity index (χ2n) is 8.60. The fourth-order valence-corrected chi connectivity index (χ4v) is 6.02. The van der Waals surface area contributed by atoms with Gasteiger partial charge in [0.15, 0.2) is 0 Å². The van der Waals surface area contributed by atoms with E-state index in [1.54, 1.807) is 0 Å². The van der Waals surface area contributed by atoms with E-state index in [4.69, 9.17) is 0 Å². The molecule has 6 rings (SSSR count). The molecule has 3 aromatic carbocycles. The topological polar surface area (TPSA) is 0 Å². The van der Waals surface area contributed by atoms with Gasteiger partial charge in [-0.2, -0.15) is 0 Å². The quantitative estimate of drug-likeness (QED) is 0.406. The molecule has 3 atom stereocenters. The molecule has 0 N–H and O–H groups in total. The van der Waals surface area contributed by atoms with Crippen molar-refractivity contribution in [1.82, 2.24) is 0 Å². The zero-order valence-corrected chi connectivity index (χ0v) is 16.9. The molecule has 0 heterocycles. The standard InChI is InChI=1S/C30H24/c1-2-30(27-18-15-21-9-3-6-12-24(21)27,28-19-16-22-10-4-7-13-25(22)28)29-20-17-23-11-5-8-14-26(23)29/h2-20,27-29H,1H2. The molecule has 0 radical (unpaired) electrons. The molecule has 0 nitrogen and oxygen atoms in total. The van der Waals surface area contributed by atoms with E-state index in [0.29, 0.717) is 0 Å². The molecule has 30 heavy (non-hydrogen) atoms. The summed E-state index contributed by atoms with van der Waals surface area (Å²) in [5.41, 5.74) is 8.04. The minimum Gasteiger partial charge on any atom is -0.102 e. The molecule has 3 aliphatic carbocycles. The van der Waals surface area contributed by atoms with E-state index in [2.05, 4.69) is 122 Å². The lowest BCUT2D eigenvalue weighted by Gasteiger charge is -2.46. The second kappa shape index (κ2) is 6.57. The lowest BCUT2D eigenvalue weighted by molar-refractivity contribution is 0.275. The minimum atomic E-state index is -0.185. The fraction of sp³-hybridized carbons (Fsp3) is 0.133. The normalized spacial score (nSPS) is 24.3. The first kappa shape index (κ1) is 17.5. The van der Waals surface area contributed by atoms with Gasteiger partial charge in [-0.25, -0.2) is 0 Å². The summed E-state index contributed by atoms with van der Waals surface area (Å²) in [5, 5.41) is 0. The Bertz CT molecular complexity index is 1090. The number of rotatable bonds is 4. The van der Waals surface area contributed by atoms with Crippen molar-refractivity contribution in [3.05, 3.63) is 137 Å². The highest BCUT2D eigenvalue weighted by Crippen LogP contribution is 2.62. The molecule has 0 saturated carbocycles. The Morgan fingerprint density at radius 3 is 1.20 bits per heavy atom. The smallest absolute Gasteiger partial charge is 0.0190 e. The molecular weight excluding hydrogens is 360 g/mol. The molecule has 3 unspecified atom stereocenters. The van der Waals surface area contributed by atoms with E-state index in [1.165, 1.54) is 33.4 Å². The molecule has 0 aromatic heterocycles. The van der Waals surface area contributed by atoms with Crippen LogP contribution < -0.4 is 0 Å². The molecule has 144 valence electrons. The molecule has 0 fully saturated rings.